The van der Waals surface area contributed by atoms with Crippen LogP contribution in [0.15, 0.2) is 40.1 Å². The minimum atomic E-state index is -0.343. The molecule has 7 heteroatoms. The SMILES string of the molecule is CCCCc1ccc(-n2c(C)cn3c4c(=O)n(CC)c(=O)n(C)c4nc23)cc1. The molecule has 0 N–H and O–H groups in total. The van der Waals surface area contributed by atoms with Crippen molar-refractivity contribution >= 4 is 16.9 Å². The van der Waals surface area contributed by atoms with Gasteiger partial charge < -0.3 is 0 Å². The summed E-state index contributed by atoms with van der Waals surface area (Å²) in [4.78, 5) is 30.0. The highest BCUT2D eigenvalue weighted by Gasteiger charge is 2.20. The first-order valence-electron chi connectivity index (χ1n) is 9.77. The molecule has 0 aliphatic carbocycles. The van der Waals surface area contributed by atoms with Gasteiger partial charge in [-0.3, -0.25) is 22.9 Å². The molecule has 1 aromatic carbocycles. The normalized spacial score (nSPS) is 11.7. The van der Waals surface area contributed by atoms with Gasteiger partial charge in [0.1, 0.15) is 0 Å². The third kappa shape index (κ3) is 2.61. The molecule has 0 unspecified atom stereocenters. The van der Waals surface area contributed by atoms with Gasteiger partial charge in [0.2, 0.25) is 5.78 Å². The molecule has 7 nitrogen and oxygen atoms in total. The van der Waals surface area contributed by atoms with Crippen LogP contribution in [0.25, 0.3) is 22.6 Å². The minimum absolute atomic E-state index is 0.305. The number of hydrogen-bond donors (Lipinski definition) is 0. The summed E-state index contributed by atoms with van der Waals surface area (Å²) in [5.74, 6) is 0.634. The third-order valence-electron chi connectivity index (χ3n) is 5.36. The van der Waals surface area contributed by atoms with Gasteiger partial charge in [-0.2, -0.15) is 4.98 Å². The highest BCUT2D eigenvalue weighted by Crippen LogP contribution is 2.21. The van der Waals surface area contributed by atoms with E-state index in [0.717, 1.165) is 17.8 Å². The Balaban J connectivity index is 1.96. The van der Waals surface area contributed by atoms with E-state index >= 15 is 0 Å². The topological polar surface area (TPSA) is 66.2 Å². The van der Waals surface area contributed by atoms with Crippen LogP contribution in [0.2, 0.25) is 0 Å². The summed E-state index contributed by atoms with van der Waals surface area (Å²) in [5.41, 5.74) is 3.46. The molecule has 3 aromatic heterocycles. The van der Waals surface area contributed by atoms with Gasteiger partial charge in [0.15, 0.2) is 11.2 Å². The van der Waals surface area contributed by atoms with Gasteiger partial charge in [0.25, 0.3) is 5.56 Å². The molecule has 28 heavy (non-hydrogen) atoms. The van der Waals surface area contributed by atoms with Gasteiger partial charge in [-0.15, -0.1) is 0 Å². The lowest BCUT2D eigenvalue weighted by molar-refractivity contribution is 0.637. The molecule has 0 aliphatic rings. The second-order valence-corrected chi connectivity index (χ2v) is 7.22. The molecule has 0 saturated heterocycles. The average Bonchev–Trinajstić information content (AvgIpc) is 3.20. The molecule has 0 bridgehead atoms. The van der Waals surface area contributed by atoms with Crippen LogP contribution in [-0.4, -0.2) is 23.1 Å². The van der Waals surface area contributed by atoms with Crippen molar-refractivity contribution in [2.24, 2.45) is 7.05 Å². The molecule has 0 radical (unpaired) electrons. The van der Waals surface area contributed by atoms with Gasteiger partial charge in [0.05, 0.1) is 0 Å². The maximum Gasteiger partial charge on any atom is 0.332 e. The fraction of sp³-hybridized carbons (Fsp3) is 0.381. The summed E-state index contributed by atoms with van der Waals surface area (Å²) in [7, 11) is 1.66. The average molecular weight is 379 g/mol. The van der Waals surface area contributed by atoms with Crippen LogP contribution in [0.3, 0.4) is 0 Å². The summed E-state index contributed by atoms with van der Waals surface area (Å²) >= 11 is 0. The largest absolute Gasteiger partial charge is 0.332 e. The van der Waals surface area contributed by atoms with Gasteiger partial charge in [-0.25, -0.2) is 4.79 Å². The van der Waals surface area contributed by atoms with Crippen molar-refractivity contribution < 1.29 is 0 Å². The van der Waals surface area contributed by atoms with Crippen LogP contribution in [0, 0.1) is 6.92 Å². The van der Waals surface area contributed by atoms with E-state index in [1.807, 2.05) is 17.7 Å². The van der Waals surface area contributed by atoms with Gasteiger partial charge >= 0.3 is 5.69 Å². The predicted octanol–water partition coefficient (Wildman–Crippen LogP) is 2.81. The molecule has 0 saturated carbocycles. The maximum absolute atomic E-state index is 12.9. The first-order valence-corrected chi connectivity index (χ1v) is 9.77. The fourth-order valence-corrected chi connectivity index (χ4v) is 3.80. The standard InChI is InChI=1S/C21H25N5O2/c1-5-7-8-15-9-11-16(12-10-15)26-14(3)13-25-17-18(22-20(25)26)23(4)21(28)24(6-2)19(17)27/h9-13H,5-8H2,1-4H3. The van der Waals surface area contributed by atoms with Crippen LogP contribution in [0.5, 0.6) is 0 Å². The summed E-state index contributed by atoms with van der Waals surface area (Å²) in [6.07, 6.45) is 5.33. The van der Waals surface area contributed by atoms with E-state index in [2.05, 4.69) is 36.2 Å². The van der Waals surface area contributed by atoms with Gasteiger partial charge in [-0.1, -0.05) is 25.5 Å². The quantitative estimate of drug-likeness (QED) is 0.536. The Labute approximate surface area is 162 Å². The summed E-state index contributed by atoms with van der Waals surface area (Å²) < 4.78 is 6.50. The number of unbranched alkanes of at least 4 members (excludes halogenated alkanes) is 1. The lowest BCUT2D eigenvalue weighted by Gasteiger charge is -2.07. The number of hydrogen-bond acceptors (Lipinski definition) is 3. The summed E-state index contributed by atoms with van der Waals surface area (Å²) in [6, 6.07) is 8.45. The van der Waals surface area contributed by atoms with Crippen molar-refractivity contribution in [2.75, 3.05) is 0 Å². The Morgan fingerprint density at radius 1 is 1.07 bits per heavy atom. The van der Waals surface area contributed by atoms with Crippen molar-refractivity contribution in [1.29, 1.82) is 0 Å². The highest BCUT2D eigenvalue weighted by atomic mass is 16.2. The monoisotopic (exact) mass is 379 g/mol. The molecule has 4 aromatic rings. The molecular weight excluding hydrogens is 354 g/mol. The Kier molecular flexibility index (Phi) is 4.45. The molecule has 3 heterocycles. The number of aryl methyl sites for hydroxylation is 3. The van der Waals surface area contributed by atoms with Crippen molar-refractivity contribution in [2.45, 2.75) is 46.6 Å². The number of fused-ring (bicyclic) bond motifs is 3. The van der Waals surface area contributed by atoms with Crippen LogP contribution in [0.4, 0.5) is 0 Å². The van der Waals surface area contributed by atoms with E-state index in [1.165, 1.54) is 27.5 Å². The van der Waals surface area contributed by atoms with Crippen LogP contribution in [0.1, 0.15) is 37.9 Å². The van der Waals surface area contributed by atoms with Crippen molar-refractivity contribution in [3.63, 3.8) is 0 Å². The van der Waals surface area contributed by atoms with Gasteiger partial charge in [-0.05, 0) is 44.4 Å². The Bertz CT molecular complexity index is 1290. The first-order chi connectivity index (χ1) is 13.5. The number of imidazole rings is 2. The van der Waals surface area contributed by atoms with Crippen LogP contribution in [-0.2, 0) is 20.0 Å². The molecular formula is C21H25N5O2. The van der Waals surface area contributed by atoms with Crippen molar-refractivity contribution in [3.05, 3.63) is 62.6 Å². The second kappa shape index (κ2) is 6.82. The number of aromatic nitrogens is 5. The lowest BCUT2D eigenvalue weighted by atomic mass is 10.1. The molecule has 0 fully saturated rings. The second-order valence-electron chi connectivity index (χ2n) is 7.22. The summed E-state index contributed by atoms with van der Waals surface area (Å²) in [6.45, 7) is 6.31. The molecule has 0 amide bonds. The smallest absolute Gasteiger partial charge is 0.283 e. The minimum Gasteiger partial charge on any atom is -0.283 e. The number of nitrogens with zero attached hydrogens (tertiary/aromatic N) is 5. The zero-order valence-corrected chi connectivity index (χ0v) is 16.8. The number of rotatable bonds is 5. The van der Waals surface area contributed by atoms with E-state index in [0.29, 0.717) is 23.5 Å². The van der Waals surface area contributed by atoms with E-state index in [-0.39, 0.29) is 11.2 Å². The molecule has 4 rings (SSSR count). The zero-order valence-electron chi connectivity index (χ0n) is 16.8. The van der Waals surface area contributed by atoms with Gasteiger partial charge in [0, 0.05) is 31.2 Å². The Morgan fingerprint density at radius 3 is 2.43 bits per heavy atom. The molecule has 0 atom stereocenters. The van der Waals surface area contributed by atoms with E-state index < -0.39 is 0 Å². The van der Waals surface area contributed by atoms with E-state index in [1.54, 1.807) is 18.4 Å². The molecule has 0 spiro atoms. The number of benzene rings is 1. The highest BCUT2D eigenvalue weighted by molar-refractivity contribution is 5.76. The third-order valence-corrected chi connectivity index (χ3v) is 5.36. The van der Waals surface area contributed by atoms with Crippen molar-refractivity contribution in [3.8, 4) is 5.69 Å². The Hall–Kier alpha value is -3.09. The van der Waals surface area contributed by atoms with Crippen molar-refractivity contribution in [1.82, 2.24) is 23.1 Å². The predicted molar refractivity (Wildman–Crippen MR) is 111 cm³/mol. The molecule has 146 valence electrons. The lowest BCUT2D eigenvalue weighted by Crippen LogP contribution is -2.38. The summed E-state index contributed by atoms with van der Waals surface area (Å²) in [5, 5.41) is 0. The molecule has 0 aliphatic heterocycles. The first kappa shape index (κ1) is 18.3. The van der Waals surface area contributed by atoms with E-state index in [4.69, 9.17) is 0 Å². The maximum atomic E-state index is 12.9. The van der Waals surface area contributed by atoms with E-state index in [9.17, 15) is 9.59 Å². The Morgan fingerprint density at radius 2 is 1.79 bits per heavy atom. The van der Waals surface area contributed by atoms with Crippen LogP contribution < -0.4 is 11.2 Å². The zero-order chi connectivity index (χ0) is 20.0. The fourth-order valence-electron chi connectivity index (χ4n) is 3.80. The van der Waals surface area contributed by atoms with Crippen LogP contribution >= 0.6 is 0 Å².